The van der Waals surface area contributed by atoms with E-state index in [0.29, 0.717) is 10.8 Å². The van der Waals surface area contributed by atoms with Gasteiger partial charge in [-0.25, -0.2) is 9.59 Å². The highest BCUT2D eigenvalue weighted by molar-refractivity contribution is 6.30. The van der Waals surface area contributed by atoms with Crippen LogP contribution in [0.1, 0.15) is 10.4 Å². The number of carbonyl (C=O) groups excluding carboxylic acids is 1. The number of carbonyl (C=O) groups is 1. The molecule has 1 aromatic carbocycles. The van der Waals surface area contributed by atoms with Gasteiger partial charge in [-0.2, -0.15) is 0 Å². The Balaban J connectivity index is 2.14. The Morgan fingerprint density at radius 1 is 1.12 bits per heavy atom. The molecule has 4 nitrogen and oxygen atoms in total. The summed E-state index contributed by atoms with van der Waals surface area (Å²) in [6.45, 7) is 0. The zero-order valence-corrected chi connectivity index (χ0v) is 9.31. The van der Waals surface area contributed by atoms with Gasteiger partial charge in [-0.3, -0.25) is 0 Å². The van der Waals surface area contributed by atoms with Crippen molar-refractivity contribution in [1.29, 1.82) is 0 Å². The van der Waals surface area contributed by atoms with Crippen LogP contribution in [0.5, 0.6) is 5.75 Å². The van der Waals surface area contributed by atoms with Crippen molar-refractivity contribution in [1.82, 2.24) is 0 Å². The van der Waals surface area contributed by atoms with Gasteiger partial charge in [0.2, 0.25) is 0 Å². The summed E-state index contributed by atoms with van der Waals surface area (Å²) in [7, 11) is 0. The van der Waals surface area contributed by atoms with E-state index in [1.54, 1.807) is 24.3 Å². The molecule has 0 aliphatic heterocycles. The SMILES string of the molecule is O=C(Oc1ccc(Cl)cc1)c1ccc(=O)oc1. The molecule has 0 unspecified atom stereocenters. The van der Waals surface area contributed by atoms with Gasteiger partial charge in [0.1, 0.15) is 12.0 Å². The molecule has 0 N–H and O–H groups in total. The minimum atomic E-state index is -0.601. The quantitative estimate of drug-likeness (QED) is 0.607. The number of hydrogen-bond acceptors (Lipinski definition) is 4. The maximum Gasteiger partial charge on any atom is 0.346 e. The maximum absolute atomic E-state index is 11.6. The van der Waals surface area contributed by atoms with Crippen LogP contribution >= 0.6 is 11.6 Å². The fourth-order valence-corrected chi connectivity index (χ4v) is 1.27. The van der Waals surface area contributed by atoms with Crippen LogP contribution in [0.3, 0.4) is 0 Å². The van der Waals surface area contributed by atoms with Gasteiger partial charge in [-0.15, -0.1) is 0 Å². The topological polar surface area (TPSA) is 56.5 Å². The Hall–Kier alpha value is -2.07. The van der Waals surface area contributed by atoms with Crippen molar-refractivity contribution in [3.05, 3.63) is 63.7 Å². The zero-order valence-electron chi connectivity index (χ0n) is 8.55. The zero-order chi connectivity index (χ0) is 12.3. The summed E-state index contributed by atoms with van der Waals surface area (Å²) in [5, 5.41) is 0.551. The average molecular weight is 251 g/mol. The Morgan fingerprint density at radius 3 is 2.41 bits per heavy atom. The summed E-state index contributed by atoms with van der Waals surface area (Å²) < 4.78 is 9.59. The van der Waals surface area contributed by atoms with Crippen LogP contribution in [0.4, 0.5) is 0 Å². The molecular weight excluding hydrogens is 244 g/mol. The van der Waals surface area contributed by atoms with Crippen molar-refractivity contribution in [3.8, 4) is 5.75 Å². The van der Waals surface area contributed by atoms with Crippen LogP contribution in [0.15, 0.2) is 51.9 Å². The predicted molar refractivity (Wildman–Crippen MR) is 61.4 cm³/mol. The van der Waals surface area contributed by atoms with Crippen molar-refractivity contribution in [3.63, 3.8) is 0 Å². The maximum atomic E-state index is 11.6. The molecule has 0 aliphatic rings. The molecule has 0 amide bonds. The third-order valence-corrected chi connectivity index (χ3v) is 2.21. The molecule has 1 aromatic heterocycles. The predicted octanol–water partition coefficient (Wildman–Crippen LogP) is 2.51. The molecule has 0 radical (unpaired) electrons. The van der Waals surface area contributed by atoms with E-state index in [-0.39, 0.29) is 5.56 Å². The minimum absolute atomic E-state index is 0.166. The summed E-state index contributed by atoms with van der Waals surface area (Å²) in [5.41, 5.74) is -0.354. The lowest BCUT2D eigenvalue weighted by molar-refractivity contribution is 0.0732. The summed E-state index contributed by atoms with van der Waals surface area (Å²) in [4.78, 5) is 22.3. The van der Waals surface area contributed by atoms with E-state index in [4.69, 9.17) is 16.3 Å². The van der Waals surface area contributed by atoms with Gasteiger partial charge >= 0.3 is 11.6 Å². The highest BCUT2D eigenvalue weighted by Crippen LogP contribution is 2.16. The monoisotopic (exact) mass is 250 g/mol. The van der Waals surface area contributed by atoms with E-state index in [2.05, 4.69) is 4.42 Å². The number of ether oxygens (including phenoxy) is 1. The van der Waals surface area contributed by atoms with E-state index >= 15 is 0 Å². The van der Waals surface area contributed by atoms with E-state index in [1.165, 1.54) is 6.07 Å². The highest BCUT2D eigenvalue weighted by atomic mass is 35.5. The molecule has 86 valence electrons. The van der Waals surface area contributed by atoms with Gasteiger partial charge in [0.25, 0.3) is 0 Å². The van der Waals surface area contributed by atoms with Crippen molar-refractivity contribution in [2.75, 3.05) is 0 Å². The van der Waals surface area contributed by atoms with Crippen LogP contribution in [0, 0.1) is 0 Å². The summed E-state index contributed by atoms with van der Waals surface area (Å²) in [6, 6.07) is 8.84. The molecule has 0 saturated heterocycles. The second-order valence-electron chi connectivity index (χ2n) is 3.19. The fraction of sp³-hybridized carbons (Fsp3) is 0. The molecule has 5 heteroatoms. The van der Waals surface area contributed by atoms with Gasteiger partial charge < -0.3 is 9.15 Å². The normalized spacial score (nSPS) is 9.94. The molecule has 2 aromatic rings. The first-order valence-corrected chi connectivity index (χ1v) is 5.09. The van der Waals surface area contributed by atoms with Crippen molar-refractivity contribution >= 4 is 17.6 Å². The van der Waals surface area contributed by atoms with E-state index < -0.39 is 11.6 Å². The Bertz CT molecular complexity index is 566. The molecule has 2 rings (SSSR count). The molecule has 0 bridgehead atoms. The van der Waals surface area contributed by atoms with Crippen molar-refractivity contribution in [2.45, 2.75) is 0 Å². The van der Waals surface area contributed by atoms with Gasteiger partial charge in [-0.1, -0.05) is 11.6 Å². The van der Waals surface area contributed by atoms with Crippen LogP contribution in [-0.4, -0.2) is 5.97 Å². The lowest BCUT2D eigenvalue weighted by atomic mass is 10.3. The molecule has 0 saturated carbocycles. The van der Waals surface area contributed by atoms with Gasteiger partial charge in [0, 0.05) is 11.1 Å². The Kier molecular flexibility index (Phi) is 3.25. The third kappa shape index (κ3) is 2.95. The first-order valence-electron chi connectivity index (χ1n) is 4.72. The molecule has 17 heavy (non-hydrogen) atoms. The number of halogens is 1. The lowest BCUT2D eigenvalue weighted by Crippen LogP contribution is -2.09. The molecule has 0 aliphatic carbocycles. The van der Waals surface area contributed by atoms with E-state index in [1.807, 2.05) is 0 Å². The number of benzene rings is 1. The number of hydrogen-bond donors (Lipinski definition) is 0. The number of esters is 1. The number of rotatable bonds is 2. The highest BCUT2D eigenvalue weighted by Gasteiger charge is 2.09. The van der Waals surface area contributed by atoms with Gasteiger partial charge in [0.15, 0.2) is 0 Å². The molecule has 0 atom stereocenters. The summed E-state index contributed by atoms with van der Waals surface area (Å²) in [6.07, 6.45) is 1.06. The largest absolute Gasteiger partial charge is 0.430 e. The lowest BCUT2D eigenvalue weighted by Gasteiger charge is -2.03. The van der Waals surface area contributed by atoms with Crippen LogP contribution in [0.25, 0.3) is 0 Å². The molecule has 1 heterocycles. The van der Waals surface area contributed by atoms with Crippen LogP contribution in [-0.2, 0) is 0 Å². The minimum Gasteiger partial charge on any atom is -0.430 e. The Labute approximate surface area is 101 Å². The average Bonchev–Trinajstić information content (AvgIpc) is 2.33. The second-order valence-corrected chi connectivity index (χ2v) is 3.62. The smallest absolute Gasteiger partial charge is 0.346 e. The van der Waals surface area contributed by atoms with Crippen LogP contribution in [0.2, 0.25) is 5.02 Å². The molecular formula is C12H7ClO4. The second kappa shape index (κ2) is 4.84. The third-order valence-electron chi connectivity index (χ3n) is 1.96. The standard InChI is InChI=1S/C12H7ClO4/c13-9-2-4-10(5-3-9)17-12(15)8-1-6-11(14)16-7-8/h1-7H. The van der Waals surface area contributed by atoms with Gasteiger partial charge in [-0.05, 0) is 30.3 Å². The van der Waals surface area contributed by atoms with E-state index in [9.17, 15) is 9.59 Å². The van der Waals surface area contributed by atoms with Gasteiger partial charge in [0.05, 0.1) is 5.56 Å². The first-order chi connectivity index (χ1) is 8.15. The fourth-order valence-electron chi connectivity index (χ4n) is 1.14. The van der Waals surface area contributed by atoms with Crippen molar-refractivity contribution in [2.24, 2.45) is 0 Å². The summed E-state index contributed by atoms with van der Waals surface area (Å²) in [5.74, 6) is -0.235. The molecule has 0 spiro atoms. The molecule has 0 fully saturated rings. The van der Waals surface area contributed by atoms with Crippen molar-refractivity contribution < 1.29 is 13.9 Å². The first kappa shape index (κ1) is 11.4. The summed E-state index contributed by atoms with van der Waals surface area (Å²) >= 11 is 5.69. The van der Waals surface area contributed by atoms with E-state index in [0.717, 1.165) is 12.3 Å². The Morgan fingerprint density at radius 2 is 1.82 bits per heavy atom. The van der Waals surface area contributed by atoms with Crippen LogP contribution < -0.4 is 10.4 Å².